The molecule has 1 aromatic carbocycles. The topological polar surface area (TPSA) is 82.1 Å². The van der Waals surface area contributed by atoms with Crippen LogP contribution in [-0.4, -0.2) is 53.6 Å². The minimum absolute atomic E-state index is 0.0547. The van der Waals surface area contributed by atoms with Gasteiger partial charge in [-0.05, 0) is 45.1 Å². The maximum atomic E-state index is 13.1. The van der Waals surface area contributed by atoms with Crippen molar-refractivity contribution in [2.45, 2.75) is 104 Å². The first-order chi connectivity index (χ1) is 16.4. The van der Waals surface area contributed by atoms with Crippen LogP contribution in [0.2, 0.25) is 0 Å². The predicted molar refractivity (Wildman–Crippen MR) is 130 cm³/mol. The molecule has 190 valence electrons. The van der Waals surface area contributed by atoms with Crippen LogP contribution in [0.25, 0.3) is 0 Å². The maximum absolute atomic E-state index is 13.1. The third-order valence-electron chi connectivity index (χ3n) is 6.48. The lowest BCUT2D eigenvalue weighted by molar-refractivity contribution is -0.227. The summed E-state index contributed by atoms with van der Waals surface area (Å²) in [7, 11) is 0. The van der Waals surface area contributed by atoms with E-state index in [0.717, 1.165) is 18.4 Å². The first kappa shape index (κ1) is 28.0. The smallest absolute Gasteiger partial charge is 0.410 e. The van der Waals surface area contributed by atoms with Gasteiger partial charge in [0.25, 0.3) is 0 Å². The van der Waals surface area contributed by atoms with Crippen LogP contribution in [0.1, 0.15) is 84.6 Å². The molecule has 0 N–H and O–H groups in total. The number of hydrogen-bond acceptors (Lipinski definition) is 6. The van der Waals surface area contributed by atoms with E-state index in [1.54, 1.807) is 4.90 Å². The Morgan fingerprint density at radius 3 is 2.21 bits per heavy atom. The molecule has 0 radical (unpaired) electrons. The van der Waals surface area contributed by atoms with E-state index < -0.39 is 11.9 Å². The molecule has 0 saturated carbocycles. The molecule has 0 aliphatic carbocycles. The summed E-state index contributed by atoms with van der Waals surface area (Å²) in [5, 5.41) is 0. The number of hydrogen-bond donors (Lipinski definition) is 0. The van der Waals surface area contributed by atoms with Gasteiger partial charge in [-0.2, -0.15) is 0 Å². The highest BCUT2D eigenvalue weighted by molar-refractivity contribution is 5.85. The number of likely N-dealkylation sites (tertiary alicyclic amines) is 1. The summed E-state index contributed by atoms with van der Waals surface area (Å²) >= 11 is 0. The van der Waals surface area contributed by atoms with Crippen LogP contribution >= 0.6 is 0 Å². The number of ether oxygens (including phenoxy) is 3. The highest BCUT2D eigenvalue weighted by Crippen LogP contribution is 2.32. The van der Waals surface area contributed by atoms with Crippen LogP contribution in [0.3, 0.4) is 0 Å². The van der Waals surface area contributed by atoms with Crippen molar-refractivity contribution in [2.24, 2.45) is 0 Å². The minimum atomic E-state index is -1.19. The Balaban J connectivity index is 2.02. The molecule has 1 heterocycles. The highest BCUT2D eigenvalue weighted by atomic mass is 16.7. The van der Waals surface area contributed by atoms with Crippen molar-refractivity contribution in [3.8, 4) is 0 Å². The zero-order valence-electron chi connectivity index (χ0n) is 21.2. The molecule has 2 rings (SSSR count). The van der Waals surface area contributed by atoms with Crippen molar-refractivity contribution < 1.29 is 28.6 Å². The van der Waals surface area contributed by atoms with Crippen LogP contribution in [0.15, 0.2) is 30.3 Å². The fourth-order valence-corrected chi connectivity index (χ4v) is 4.70. The Kier molecular flexibility index (Phi) is 11.7. The number of nitrogens with zero attached hydrogens (tertiary/aromatic N) is 1. The van der Waals surface area contributed by atoms with Crippen LogP contribution in [-0.2, 0) is 30.4 Å². The molecule has 0 aromatic heterocycles. The number of benzene rings is 1. The van der Waals surface area contributed by atoms with Gasteiger partial charge in [0.15, 0.2) is 5.78 Å². The molecule has 1 saturated heterocycles. The number of rotatable bonds is 15. The summed E-state index contributed by atoms with van der Waals surface area (Å²) in [6, 6.07) is 9.34. The van der Waals surface area contributed by atoms with E-state index in [2.05, 4.69) is 0 Å². The van der Waals surface area contributed by atoms with Crippen molar-refractivity contribution in [3.05, 3.63) is 35.9 Å². The molecule has 1 aliphatic rings. The van der Waals surface area contributed by atoms with Crippen molar-refractivity contribution in [1.29, 1.82) is 0 Å². The minimum Gasteiger partial charge on any atom is -0.445 e. The lowest BCUT2D eigenvalue weighted by Gasteiger charge is -2.31. The number of amides is 1. The van der Waals surface area contributed by atoms with Gasteiger partial charge in [0, 0.05) is 51.0 Å². The first-order valence-electron chi connectivity index (χ1n) is 12.7. The average Bonchev–Trinajstić information content (AvgIpc) is 3.24. The summed E-state index contributed by atoms with van der Waals surface area (Å²) in [5.74, 6) is -1.11. The van der Waals surface area contributed by atoms with Gasteiger partial charge in [-0.15, -0.1) is 0 Å². The van der Waals surface area contributed by atoms with E-state index >= 15 is 0 Å². The molecule has 7 heteroatoms. The van der Waals surface area contributed by atoms with Crippen molar-refractivity contribution in [1.82, 2.24) is 4.90 Å². The molecule has 0 bridgehead atoms. The van der Waals surface area contributed by atoms with Gasteiger partial charge >= 0.3 is 6.09 Å². The molecule has 34 heavy (non-hydrogen) atoms. The quantitative estimate of drug-likeness (QED) is 0.314. The zero-order chi connectivity index (χ0) is 25.0. The molecular formula is C27H41NO6. The van der Waals surface area contributed by atoms with Crippen LogP contribution < -0.4 is 0 Å². The monoisotopic (exact) mass is 475 g/mol. The molecule has 2 atom stereocenters. The third kappa shape index (κ3) is 7.64. The Hall–Kier alpha value is -2.25. The Morgan fingerprint density at radius 1 is 0.971 bits per heavy atom. The largest absolute Gasteiger partial charge is 0.445 e. The number of ketones is 2. The van der Waals surface area contributed by atoms with Gasteiger partial charge in [0.1, 0.15) is 12.4 Å². The second-order valence-corrected chi connectivity index (χ2v) is 8.72. The summed E-state index contributed by atoms with van der Waals surface area (Å²) in [6.07, 6.45) is 4.03. The molecule has 1 aliphatic heterocycles. The fourth-order valence-electron chi connectivity index (χ4n) is 4.70. The van der Waals surface area contributed by atoms with Crippen molar-refractivity contribution in [2.75, 3.05) is 13.2 Å². The lowest BCUT2D eigenvalue weighted by atomic mass is 10.00. The third-order valence-corrected chi connectivity index (χ3v) is 6.48. The van der Waals surface area contributed by atoms with Gasteiger partial charge in [-0.1, -0.05) is 44.2 Å². The van der Waals surface area contributed by atoms with Gasteiger partial charge in [0.05, 0.1) is 0 Å². The fraction of sp³-hybridized carbons (Fsp3) is 0.667. The molecular weight excluding hydrogens is 434 g/mol. The second kappa shape index (κ2) is 14.2. The Morgan fingerprint density at radius 2 is 1.62 bits per heavy atom. The molecule has 0 unspecified atom stereocenters. The van der Waals surface area contributed by atoms with E-state index in [-0.39, 0.29) is 30.3 Å². The van der Waals surface area contributed by atoms with Gasteiger partial charge in [-0.3, -0.25) is 9.59 Å². The molecule has 0 spiro atoms. The predicted octanol–water partition coefficient (Wildman–Crippen LogP) is 5.44. The van der Waals surface area contributed by atoms with Crippen LogP contribution in [0.5, 0.6) is 0 Å². The van der Waals surface area contributed by atoms with Crippen molar-refractivity contribution >= 4 is 17.7 Å². The molecule has 7 nitrogen and oxygen atoms in total. The first-order valence-corrected chi connectivity index (χ1v) is 12.7. The van der Waals surface area contributed by atoms with Gasteiger partial charge in [-0.25, -0.2) is 4.79 Å². The van der Waals surface area contributed by atoms with E-state index in [0.29, 0.717) is 51.7 Å². The number of Topliss-reactive ketones (excluding diaryl/α,β-unsaturated/α-hetero) is 2. The van der Waals surface area contributed by atoms with Gasteiger partial charge in [0.2, 0.25) is 5.79 Å². The summed E-state index contributed by atoms with van der Waals surface area (Å²) < 4.78 is 17.1. The van der Waals surface area contributed by atoms with E-state index in [9.17, 15) is 14.4 Å². The van der Waals surface area contributed by atoms with Crippen LogP contribution in [0, 0.1) is 0 Å². The Labute approximate surface area is 204 Å². The van der Waals surface area contributed by atoms with E-state index in [1.807, 2.05) is 58.0 Å². The summed E-state index contributed by atoms with van der Waals surface area (Å²) in [4.78, 5) is 39.9. The normalized spacial score (nSPS) is 18.2. The Bertz CT molecular complexity index is 775. The summed E-state index contributed by atoms with van der Waals surface area (Å²) in [5.41, 5.74) is 0.918. The zero-order valence-corrected chi connectivity index (χ0v) is 21.2. The maximum Gasteiger partial charge on any atom is 0.410 e. The van der Waals surface area contributed by atoms with Gasteiger partial charge < -0.3 is 19.1 Å². The molecule has 1 aromatic rings. The van der Waals surface area contributed by atoms with Crippen molar-refractivity contribution in [3.63, 3.8) is 0 Å². The average molecular weight is 476 g/mol. The summed E-state index contributed by atoms with van der Waals surface area (Å²) in [6.45, 7) is 8.43. The molecule has 1 amide bonds. The lowest BCUT2D eigenvalue weighted by Crippen LogP contribution is -2.44. The van der Waals surface area contributed by atoms with Crippen LogP contribution in [0.4, 0.5) is 4.79 Å². The number of carbonyl (C=O) groups is 3. The SMILES string of the molecule is CCOC(CC)(OCC)C(=O)CCC[C@H]1CC[C@@H](CC(=O)CC)N1C(=O)OCc1ccccc1. The number of carbonyl (C=O) groups excluding carboxylic acids is 3. The highest BCUT2D eigenvalue weighted by Gasteiger charge is 2.40. The molecule has 1 fully saturated rings. The van der Waals surface area contributed by atoms with E-state index in [4.69, 9.17) is 14.2 Å². The van der Waals surface area contributed by atoms with E-state index in [1.165, 1.54) is 0 Å². The standard InChI is InChI=1S/C27H41NO6/c1-5-24(29)19-23-18-17-22(28(23)26(31)32-20-21-13-10-9-11-14-21)15-12-16-25(30)27(6-2,33-7-3)34-8-4/h9-11,13-14,22-23H,5-8,12,15-20H2,1-4H3/t22-,23-/m0/s1. The second-order valence-electron chi connectivity index (χ2n) is 8.72.